The average Bonchev–Trinajstić information content (AvgIpc) is 2.65. The quantitative estimate of drug-likeness (QED) is 0.450. The van der Waals surface area contributed by atoms with Crippen LogP contribution in [-0.4, -0.2) is 37.0 Å². The SMILES string of the molecule is CN(C)CCCNCc1ccc([N+](=O)[O-])s1. The summed E-state index contributed by atoms with van der Waals surface area (Å²) in [5.74, 6) is 0. The first-order chi connectivity index (χ1) is 7.59. The highest BCUT2D eigenvalue weighted by atomic mass is 32.1. The third kappa shape index (κ3) is 4.69. The molecule has 1 rings (SSSR count). The molecule has 0 saturated heterocycles. The molecule has 5 nitrogen and oxygen atoms in total. The van der Waals surface area contributed by atoms with E-state index in [1.807, 2.05) is 20.2 Å². The molecule has 0 radical (unpaired) electrons. The summed E-state index contributed by atoms with van der Waals surface area (Å²) in [5.41, 5.74) is 0. The zero-order valence-corrected chi connectivity index (χ0v) is 10.4. The third-order valence-electron chi connectivity index (χ3n) is 2.09. The van der Waals surface area contributed by atoms with Crippen LogP contribution in [0, 0.1) is 10.1 Å². The Kier molecular flexibility index (Phi) is 5.37. The molecule has 1 aromatic rings. The number of nitrogens with zero attached hydrogens (tertiary/aromatic N) is 2. The average molecular weight is 243 g/mol. The van der Waals surface area contributed by atoms with Crippen LogP contribution in [0.25, 0.3) is 0 Å². The highest BCUT2D eigenvalue weighted by Crippen LogP contribution is 2.23. The van der Waals surface area contributed by atoms with E-state index in [0.717, 1.165) is 24.4 Å². The van der Waals surface area contributed by atoms with E-state index in [1.54, 1.807) is 6.07 Å². The smallest absolute Gasteiger partial charge is 0.312 e. The molecule has 90 valence electrons. The van der Waals surface area contributed by atoms with Crippen molar-refractivity contribution in [2.45, 2.75) is 13.0 Å². The highest BCUT2D eigenvalue weighted by Gasteiger charge is 2.08. The van der Waals surface area contributed by atoms with Crippen LogP contribution in [0.5, 0.6) is 0 Å². The fourth-order valence-electron chi connectivity index (χ4n) is 1.29. The minimum atomic E-state index is -0.347. The van der Waals surface area contributed by atoms with Gasteiger partial charge in [-0.3, -0.25) is 10.1 Å². The van der Waals surface area contributed by atoms with Crippen molar-refractivity contribution in [1.82, 2.24) is 10.2 Å². The summed E-state index contributed by atoms with van der Waals surface area (Å²) in [6.45, 7) is 2.70. The monoisotopic (exact) mass is 243 g/mol. The summed E-state index contributed by atoms with van der Waals surface area (Å²) < 4.78 is 0. The summed E-state index contributed by atoms with van der Waals surface area (Å²) in [6, 6.07) is 3.36. The lowest BCUT2D eigenvalue weighted by molar-refractivity contribution is -0.380. The second-order valence-corrected chi connectivity index (χ2v) is 4.98. The Morgan fingerprint density at radius 1 is 1.50 bits per heavy atom. The summed E-state index contributed by atoms with van der Waals surface area (Å²) in [6.07, 6.45) is 1.08. The molecule has 0 atom stereocenters. The molecular weight excluding hydrogens is 226 g/mol. The second-order valence-electron chi connectivity index (χ2n) is 3.83. The summed E-state index contributed by atoms with van der Waals surface area (Å²) in [7, 11) is 4.09. The predicted octanol–water partition coefficient (Wildman–Crippen LogP) is 1.70. The number of rotatable bonds is 7. The third-order valence-corrected chi connectivity index (χ3v) is 3.12. The molecule has 0 amide bonds. The van der Waals surface area contributed by atoms with Crippen molar-refractivity contribution in [3.05, 3.63) is 27.1 Å². The molecule has 0 aliphatic carbocycles. The van der Waals surface area contributed by atoms with Gasteiger partial charge in [-0.1, -0.05) is 11.3 Å². The minimum absolute atomic E-state index is 0.213. The molecule has 1 N–H and O–H groups in total. The van der Waals surface area contributed by atoms with Crippen molar-refractivity contribution in [1.29, 1.82) is 0 Å². The number of nitrogens with one attached hydrogen (secondary N) is 1. The van der Waals surface area contributed by atoms with Crippen molar-refractivity contribution < 1.29 is 4.92 Å². The topological polar surface area (TPSA) is 58.4 Å². The Bertz CT molecular complexity index is 339. The summed E-state index contributed by atoms with van der Waals surface area (Å²) in [4.78, 5) is 13.3. The molecular formula is C10H17N3O2S. The number of nitro groups is 1. The molecule has 6 heteroatoms. The van der Waals surface area contributed by atoms with Gasteiger partial charge in [0.15, 0.2) is 0 Å². The van der Waals surface area contributed by atoms with E-state index in [4.69, 9.17) is 0 Å². The molecule has 1 heterocycles. The summed E-state index contributed by atoms with van der Waals surface area (Å²) in [5, 5.41) is 13.9. The number of hydrogen-bond acceptors (Lipinski definition) is 5. The predicted molar refractivity (Wildman–Crippen MR) is 65.9 cm³/mol. The van der Waals surface area contributed by atoms with Gasteiger partial charge in [-0.15, -0.1) is 0 Å². The van der Waals surface area contributed by atoms with Gasteiger partial charge in [0.1, 0.15) is 0 Å². The highest BCUT2D eigenvalue weighted by molar-refractivity contribution is 7.15. The lowest BCUT2D eigenvalue weighted by atomic mass is 10.4. The molecule has 0 spiro atoms. The van der Waals surface area contributed by atoms with Gasteiger partial charge in [0.25, 0.3) is 0 Å². The molecule has 16 heavy (non-hydrogen) atoms. The Morgan fingerprint density at radius 2 is 2.25 bits per heavy atom. The lowest BCUT2D eigenvalue weighted by Gasteiger charge is -2.08. The zero-order valence-electron chi connectivity index (χ0n) is 9.60. The van der Waals surface area contributed by atoms with Crippen molar-refractivity contribution in [3.63, 3.8) is 0 Å². The van der Waals surface area contributed by atoms with E-state index in [0.29, 0.717) is 6.54 Å². The van der Waals surface area contributed by atoms with Gasteiger partial charge in [-0.05, 0) is 39.7 Å². The molecule has 0 aliphatic heterocycles. The van der Waals surface area contributed by atoms with Crippen LogP contribution < -0.4 is 5.32 Å². The summed E-state index contributed by atoms with van der Waals surface area (Å²) >= 11 is 1.23. The molecule has 0 unspecified atom stereocenters. The van der Waals surface area contributed by atoms with Crippen molar-refractivity contribution >= 4 is 16.3 Å². The maximum absolute atomic E-state index is 10.5. The van der Waals surface area contributed by atoms with Gasteiger partial charge in [0.2, 0.25) is 0 Å². The van der Waals surface area contributed by atoms with Crippen molar-refractivity contribution in [2.24, 2.45) is 0 Å². The van der Waals surface area contributed by atoms with Gasteiger partial charge in [0.05, 0.1) is 4.92 Å². The van der Waals surface area contributed by atoms with Crippen LogP contribution in [0.15, 0.2) is 12.1 Å². The molecule has 0 fully saturated rings. The first-order valence-corrected chi connectivity index (χ1v) is 6.00. The normalized spacial score (nSPS) is 10.9. The number of thiophene rings is 1. The Labute approximate surface area is 99.2 Å². The van der Waals surface area contributed by atoms with Crippen molar-refractivity contribution in [2.75, 3.05) is 27.2 Å². The zero-order chi connectivity index (χ0) is 12.0. The first-order valence-electron chi connectivity index (χ1n) is 5.18. The van der Waals surface area contributed by atoms with Gasteiger partial charge < -0.3 is 10.2 Å². The minimum Gasteiger partial charge on any atom is -0.312 e. The van der Waals surface area contributed by atoms with Crippen LogP contribution in [0.3, 0.4) is 0 Å². The standard InChI is InChI=1S/C10H17N3O2S/c1-12(2)7-3-6-11-8-9-4-5-10(16-9)13(14)15/h4-5,11H,3,6-8H2,1-2H3. The molecule has 0 saturated carbocycles. The van der Waals surface area contributed by atoms with Gasteiger partial charge >= 0.3 is 5.00 Å². The Balaban J connectivity index is 2.19. The van der Waals surface area contributed by atoms with E-state index >= 15 is 0 Å². The lowest BCUT2D eigenvalue weighted by Crippen LogP contribution is -2.20. The van der Waals surface area contributed by atoms with Gasteiger partial charge in [-0.2, -0.15) is 0 Å². The molecule has 0 aliphatic rings. The van der Waals surface area contributed by atoms with Crippen LogP contribution in [0.1, 0.15) is 11.3 Å². The van der Waals surface area contributed by atoms with E-state index in [9.17, 15) is 10.1 Å². The van der Waals surface area contributed by atoms with Crippen LogP contribution in [0.4, 0.5) is 5.00 Å². The van der Waals surface area contributed by atoms with E-state index in [1.165, 1.54) is 11.3 Å². The fourth-order valence-corrected chi connectivity index (χ4v) is 2.08. The molecule has 0 bridgehead atoms. The van der Waals surface area contributed by atoms with E-state index in [2.05, 4.69) is 10.2 Å². The molecule has 0 aromatic carbocycles. The van der Waals surface area contributed by atoms with Crippen molar-refractivity contribution in [3.8, 4) is 0 Å². The Hall–Kier alpha value is -0.980. The van der Waals surface area contributed by atoms with E-state index < -0.39 is 0 Å². The van der Waals surface area contributed by atoms with Crippen LogP contribution >= 0.6 is 11.3 Å². The maximum atomic E-state index is 10.5. The van der Waals surface area contributed by atoms with Gasteiger partial charge in [0, 0.05) is 17.5 Å². The van der Waals surface area contributed by atoms with Gasteiger partial charge in [-0.25, -0.2) is 0 Å². The molecule has 1 aromatic heterocycles. The number of hydrogen-bond donors (Lipinski definition) is 1. The van der Waals surface area contributed by atoms with Crippen LogP contribution in [-0.2, 0) is 6.54 Å². The Morgan fingerprint density at radius 3 is 2.81 bits per heavy atom. The second kappa shape index (κ2) is 6.57. The van der Waals surface area contributed by atoms with E-state index in [-0.39, 0.29) is 9.92 Å². The first kappa shape index (κ1) is 13.1. The largest absolute Gasteiger partial charge is 0.324 e. The van der Waals surface area contributed by atoms with Crippen LogP contribution in [0.2, 0.25) is 0 Å². The fraction of sp³-hybridized carbons (Fsp3) is 0.600. The maximum Gasteiger partial charge on any atom is 0.324 e.